The molecule has 2 aliphatic heterocycles. The van der Waals surface area contributed by atoms with Gasteiger partial charge in [0.2, 0.25) is 5.91 Å². The maximum atomic E-state index is 14.0. The smallest absolute Gasteiger partial charge is 0.264 e. The summed E-state index contributed by atoms with van der Waals surface area (Å²) < 4.78 is 40.4. The summed E-state index contributed by atoms with van der Waals surface area (Å²) in [6.07, 6.45) is 0.856. The minimum atomic E-state index is -3.91. The Hall–Kier alpha value is -2.96. The number of fused-ring (bicyclic) bond motifs is 1. The number of carbonyl (C=O) groups excluding carboxylic acids is 1. The molecule has 0 bridgehead atoms. The Bertz CT molecular complexity index is 1490. The molecule has 1 aromatic heterocycles. The average molecular weight is 627 g/mol. The fourth-order valence-electron chi connectivity index (χ4n) is 5.84. The lowest BCUT2D eigenvalue weighted by Crippen LogP contribution is -2.43. The van der Waals surface area contributed by atoms with Crippen molar-refractivity contribution >= 4 is 33.0 Å². The third-order valence-corrected chi connectivity index (χ3v) is 11.5. The van der Waals surface area contributed by atoms with E-state index in [9.17, 15) is 13.2 Å². The maximum Gasteiger partial charge on any atom is 0.264 e. The van der Waals surface area contributed by atoms with Crippen LogP contribution in [-0.2, 0) is 39.1 Å². The molecule has 0 radical (unpaired) electrons. The Labute approximate surface area is 259 Å². The molecule has 0 N–H and O–H groups in total. The van der Waals surface area contributed by atoms with Crippen LogP contribution in [0, 0.1) is 13.8 Å². The van der Waals surface area contributed by atoms with Gasteiger partial charge in [-0.15, -0.1) is 11.3 Å². The van der Waals surface area contributed by atoms with Crippen molar-refractivity contribution in [1.82, 2.24) is 14.7 Å². The molecule has 1 fully saturated rings. The highest BCUT2D eigenvalue weighted by Crippen LogP contribution is 2.31. The Morgan fingerprint density at radius 1 is 1.00 bits per heavy atom. The number of rotatable bonds is 11. The number of thiophene rings is 1. The first-order valence-electron chi connectivity index (χ1n) is 14.8. The zero-order valence-electron chi connectivity index (χ0n) is 25.5. The lowest BCUT2D eigenvalue weighted by Gasteiger charge is -2.31. The van der Waals surface area contributed by atoms with Crippen LogP contribution in [0.2, 0.25) is 0 Å². The molecule has 0 atom stereocenters. The van der Waals surface area contributed by atoms with Gasteiger partial charge in [0.05, 0.1) is 30.8 Å². The number of para-hydroxylation sites is 1. The first-order valence-corrected chi connectivity index (χ1v) is 17.0. The van der Waals surface area contributed by atoms with E-state index in [4.69, 9.17) is 9.47 Å². The van der Waals surface area contributed by atoms with Crippen LogP contribution < -0.4 is 9.04 Å². The molecule has 2 aromatic carbocycles. The molecule has 232 valence electrons. The fraction of sp³-hybridized carbons (Fsp3) is 0.469. The van der Waals surface area contributed by atoms with Crippen molar-refractivity contribution in [3.8, 4) is 5.75 Å². The van der Waals surface area contributed by atoms with Gasteiger partial charge in [0.15, 0.2) is 0 Å². The molecular weight excluding hydrogens is 585 g/mol. The number of likely N-dealkylation sites (N-methyl/N-ethyl adjacent to an activating group) is 1. The molecule has 11 heteroatoms. The van der Waals surface area contributed by atoms with Crippen molar-refractivity contribution in [2.75, 3.05) is 70.9 Å². The van der Waals surface area contributed by atoms with E-state index in [0.29, 0.717) is 35.7 Å². The zero-order chi connectivity index (χ0) is 30.6. The van der Waals surface area contributed by atoms with Crippen molar-refractivity contribution in [3.05, 3.63) is 75.0 Å². The summed E-state index contributed by atoms with van der Waals surface area (Å²) in [6, 6.07) is 14.7. The van der Waals surface area contributed by atoms with Gasteiger partial charge in [-0.1, -0.05) is 18.2 Å². The van der Waals surface area contributed by atoms with Crippen molar-refractivity contribution in [3.63, 3.8) is 0 Å². The molecule has 43 heavy (non-hydrogen) atoms. The van der Waals surface area contributed by atoms with Crippen molar-refractivity contribution in [2.24, 2.45) is 0 Å². The van der Waals surface area contributed by atoms with Gasteiger partial charge in [-0.05, 0) is 74.3 Å². The third-order valence-electron chi connectivity index (χ3n) is 8.17. The molecule has 2 aliphatic rings. The normalized spacial score (nSPS) is 16.2. The Balaban J connectivity index is 1.19. The van der Waals surface area contributed by atoms with E-state index < -0.39 is 10.0 Å². The second kappa shape index (κ2) is 13.8. The van der Waals surface area contributed by atoms with Crippen molar-refractivity contribution in [2.45, 2.75) is 38.3 Å². The Kier molecular flexibility index (Phi) is 10.1. The van der Waals surface area contributed by atoms with Crippen LogP contribution in [0.5, 0.6) is 5.75 Å². The second-order valence-corrected chi connectivity index (χ2v) is 14.4. The molecule has 0 spiro atoms. The van der Waals surface area contributed by atoms with Crippen LogP contribution in [0.1, 0.15) is 26.4 Å². The molecular formula is C32H42N4O5S2. The minimum absolute atomic E-state index is 0.0755. The lowest BCUT2D eigenvalue weighted by atomic mass is 10.1. The van der Waals surface area contributed by atoms with Gasteiger partial charge < -0.3 is 19.3 Å². The number of aryl methyl sites for hydroxylation is 2. The van der Waals surface area contributed by atoms with E-state index in [-0.39, 0.29) is 30.6 Å². The van der Waals surface area contributed by atoms with Gasteiger partial charge >= 0.3 is 0 Å². The average Bonchev–Trinajstić information content (AvgIpc) is 3.39. The minimum Gasteiger partial charge on any atom is -0.497 e. The topological polar surface area (TPSA) is 82.6 Å². The molecule has 3 aromatic rings. The molecule has 1 amide bonds. The number of carbonyl (C=O) groups is 1. The van der Waals surface area contributed by atoms with E-state index in [1.165, 1.54) is 19.6 Å². The van der Waals surface area contributed by atoms with Gasteiger partial charge in [0.1, 0.15) is 12.4 Å². The number of hydrogen-bond donors (Lipinski definition) is 0. The summed E-state index contributed by atoms with van der Waals surface area (Å²) in [5, 5.41) is 0. The number of methoxy groups -OCH3 is 1. The van der Waals surface area contributed by atoms with Crippen LogP contribution in [0.3, 0.4) is 0 Å². The number of piperazine rings is 1. The standard InChI is InChI=1S/C32H42N4O5S2/c1-24-18-28(40-4)19-25(2)32(24)43(38,39)36(27-8-6-5-7-9-27)16-17-41-23-31(37)35-11-10-30-26(21-35)20-29(42-30)22-34-14-12-33(3)13-15-34/h5-9,18-20H,10-17,21-23H2,1-4H3. The van der Waals surface area contributed by atoms with Crippen molar-refractivity contribution < 1.29 is 22.7 Å². The van der Waals surface area contributed by atoms with Gasteiger partial charge in [0, 0.05) is 55.6 Å². The van der Waals surface area contributed by atoms with Gasteiger partial charge in [-0.25, -0.2) is 8.42 Å². The largest absolute Gasteiger partial charge is 0.497 e. The molecule has 0 unspecified atom stereocenters. The van der Waals surface area contributed by atoms with Gasteiger partial charge in [-0.2, -0.15) is 0 Å². The van der Waals surface area contributed by atoms with Gasteiger partial charge in [-0.3, -0.25) is 14.0 Å². The molecule has 9 nitrogen and oxygen atoms in total. The maximum absolute atomic E-state index is 14.0. The first kappa shape index (κ1) is 31.5. The number of nitrogens with zero attached hydrogens (tertiary/aromatic N) is 4. The summed E-state index contributed by atoms with van der Waals surface area (Å²) in [5.41, 5.74) is 3.00. The SMILES string of the molecule is COc1cc(C)c(S(=O)(=O)N(CCOCC(=O)N2CCc3sc(CN4CCN(C)CC4)cc3C2)c2ccccc2)c(C)c1. The highest BCUT2D eigenvalue weighted by atomic mass is 32.2. The monoisotopic (exact) mass is 626 g/mol. The predicted octanol–water partition coefficient (Wildman–Crippen LogP) is 3.92. The third kappa shape index (κ3) is 7.41. The molecule has 5 rings (SSSR count). The summed E-state index contributed by atoms with van der Waals surface area (Å²) >= 11 is 1.88. The first-order chi connectivity index (χ1) is 20.7. The summed E-state index contributed by atoms with van der Waals surface area (Å²) in [7, 11) is -0.177. The summed E-state index contributed by atoms with van der Waals surface area (Å²) in [5.74, 6) is 0.536. The molecule has 0 aliphatic carbocycles. The van der Waals surface area contributed by atoms with Crippen molar-refractivity contribution in [1.29, 1.82) is 0 Å². The number of amides is 1. The van der Waals surface area contributed by atoms with Crippen LogP contribution in [0.4, 0.5) is 5.69 Å². The molecule has 1 saturated heterocycles. The number of benzene rings is 2. The number of hydrogen-bond acceptors (Lipinski definition) is 8. The predicted molar refractivity (Wildman–Crippen MR) is 170 cm³/mol. The molecule has 0 saturated carbocycles. The highest BCUT2D eigenvalue weighted by molar-refractivity contribution is 7.93. The van der Waals surface area contributed by atoms with E-state index >= 15 is 0 Å². The van der Waals surface area contributed by atoms with Crippen LogP contribution >= 0.6 is 11.3 Å². The second-order valence-electron chi connectivity index (χ2n) is 11.4. The molecule has 3 heterocycles. The Morgan fingerprint density at radius 2 is 1.70 bits per heavy atom. The zero-order valence-corrected chi connectivity index (χ0v) is 27.2. The number of anilines is 1. The lowest BCUT2D eigenvalue weighted by molar-refractivity contribution is -0.136. The fourth-order valence-corrected chi connectivity index (χ4v) is 8.92. The highest BCUT2D eigenvalue weighted by Gasteiger charge is 2.29. The quantitative estimate of drug-likeness (QED) is 0.299. The summed E-state index contributed by atoms with van der Waals surface area (Å²) in [6.45, 7) is 10.2. The summed E-state index contributed by atoms with van der Waals surface area (Å²) in [4.78, 5) is 22.8. The van der Waals surface area contributed by atoms with E-state index in [1.807, 2.05) is 34.4 Å². The number of sulfonamides is 1. The van der Waals surface area contributed by atoms with E-state index in [1.54, 1.807) is 45.2 Å². The van der Waals surface area contributed by atoms with Gasteiger partial charge in [0.25, 0.3) is 10.0 Å². The van der Waals surface area contributed by atoms with E-state index in [2.05, 4.69) is 22.9 Å². The number of ether oxygens (including phenoxy) is 2. The van der Waals surface area contributed by atoms with E-state index in [0.717, 1.165) is 39.1 Å². The van der Waals surface area contributed by atoms with Crippen LogP contribution in [0.25, 0.3) is 0 Å². The van der Waals surface area contributed by atoms with Crippen LogP contribution in [0.15, 0.2) is 53.4 Å². The van der Waals surface area contributed by atoms with Crippen LogP contribution in [-0.4, -0.2) is 95.7 Å². The Morgan fingerprint density at radius 3 is 2.37 bits per heavy atom.